The number of hydrogen-bond acceptors (Lipinski definition) is 6. The average molecular weight is 420 g/mol. The molecule has 0 fully saturated rings. The third-order valence-electron chi connectivity index (χ3n) is 4.66. The van der Waals surface area contributed by atoms with E-state index in [-0.39, 0.29) is 11.8 Å². The molecule has 0 aliphatic carbocycles. The largest absolute Gasteiger partial charge is 0.370 e. The number of aryl methyl sites for hydroxylation is 2. The Morgan fingerprint density at radius 3 is 2.80 bits per heavy atom. The van der Waals surface area contributed by atoms with E-state index in [1.54, 1.807) is 18.3 Å². The summed E-state index contributed by atoms with van der Waals surface area (Å²) >= 11 is 1.35. The Morgan fingerprint density at radius 1 is 1.17 bits per heavy atom. The van der Waals surface area contributed by atoms with Gasteiger partial charge in [-0.2, -0.15) is 0 Å². The first-order chi connectivity index (χ1) is 14.5. The summed E-state index contributed by atoms with van der Waals surface area (Å²) in [6.07, 6.45) is 2.68. The molecule has 30 heavy (non-hydrogen) atoms. The number of nitrogens with two attached hydrogens (primary N) is 1. The van der Waals surface area contributed by atoms with Gasteiger partial charge in [-0.05, 0) is 43.7 Å². The van der Waals surface area contributed by atoms with E-state index in [0.717, 1.165) is 28.2 Å². The molecule has 9 heteroatoms. The molecule has 3 N–H and O–H groups in total. The lowest BCUT2D eigenvalue weighted by atomic mass is 10.2. The van der Waals surface area contributed by atoms with E-state index in [4.69, 9.17) is 5.73 Å². The highest BCUT2D eigenvalue weighted by Crippen LogP contribution is 2.24. The van der Waals surface area contributed by atoms with Crippen LogP contribution in [0.5, 0.6) is 0 Å². The quantitative estimate of drug-likeness (QED) is 0.475. The molecule has 3 heterocycles. The summed E-state index contributed by atoms with van der Waals surface area (Å²) in [7, 11) is 0. The number of rotatable bonds is 7. The zero-order valence-corrected chi connectivity index (χ0v) is 17.1. The number of hydrogen-bond donors (Lipinski definition) is 2. The highest BCUT2D eigenvalue weighted by Gasteiger charge is 2.14. The Morgan fingerprint density at radius 2 is 2.03 bits per heavy atom. The number of aromatic nitrogens is 4. The van der Waals surface area contributed by atoms with Gasteiger partial charge in [-0.25, -0.2) is 9.97 Å². The van der Waals surface area contributed by atoms with Crippen LogP contribution in [0.3, 0.4) is 0 Å². The second kappa shape index (κ2) is 8.42. The van der Waals surface area contributed by atoms with Gasteiger partial charge in [0.2, 0.25) is 5.91 Å². The fourth-order valence-electron chi connectivity index (χ4n) is 3.22. The molecule has 0 aliphatic rings. The summed E-state index contributed by atoms with van der Waals surface area (Å²) in [5, 5.41) is 5.20. The summed E-state index contributed by atoms with van der Waals surface area (Å²) in [4.78, 5) is 36.9. The SMILES string of the molecule is Cc1nc2cc(C(=O)Nc3nc(-c4ccccn4)cs3)ccc2n1CCCC(N)=O. The Balaban J connectivity index is 1.50. The number of imidazole rings is 1. The first-order valence-electron chi connectivity index (χ1n) is 9.45. The van der Waals surface area contributed by atoms with Crippen molar-refractivity contribution in [2.75, 3.05) is 5.32 Å². The number of pyridine rings is 1. The van der Waals surface area contributed by atoms with Crippen LogP contribution in [0.2, 0.25) is 0 Å². The van der Waals surface area contributed by atoms with Crippen molar-refractivity contribution in [3.63, 3.8) is 0 Å². The lowest BCUT2D eigenvalue weighted by Crippen LogP contribution is -2.12. The van der Waals surface area contributed by atoms with E-state index in [9.17, 15) is 9.59 Å². The number of carbonyl (C=O) groups excluding carboxylic acids is 2. The molecular weight excluding hydrogens is 400 g/mol. The molecule has 0 radical (unpaired) electrons. The second-order valence-electron chi connectivity index (χ2n) is 6.79. The van der Waals surface area contributed by atoms with Crippen molar-refractivity contribution >= 4 is 39.3 Å². The Bertz CT molecular complexity index is 1210. The Labute approximate surface area is 176 Å². The van der Waals surface area contributed by atoms with Crippen LogP contribution in [-0.2, 0) is 11.3 Å². The van der Waals surface area contributed by atoms with Crippen LogP contribution in [0, 0.1) is 6.92 Å². The summed E-state index contributed by atoms with van der Waals surface area (Å²) in [6, 6.07) is 11.0. The van der Waals surface area contributed by atoms with E-state index in [0.29, 0.717) is 30.1 Å². The van der Waals surface area contributed by atoms with E-state index in [1.807, 2.05) is 41.1 Å². The van der Waals surface area contributed by atoms with Gasteiger partial charge >= 0.3 is 0 Å². The van der Waals surface area contributed by atoms with E-state index >= 15 is 0 Å². The molecule has 8 nitrogen and oxygen atoms in total. The molecule has 0 saturated carbocycles. The normalized spacial score (nSPS) is 11.0. The van der Waals surface area contributed by atoms with Crippen LogP contribution < -0.4 is 11.1 Å². The molecule has 0 spiro atoms. The third kappa shape index (κ3) is 4.20. The van der Waals surface area contributed by atoms with Crippen LogP contribution in [0.15, 0.2) is 48.0 Å². The molecule has 4 aromatic rings. The van der Waals surface area contributed by atoms with Gasteiger partial charge in [0, 0.05) is 30.1 Å². The van der Waals surface area contributed by atoms with Gasteiger partial charge in [-0.15, -0.1) is 11.3 Å². The maximum absolute atomic E-state index is 12.7. The topological polar surface area (TPSA) is 116 Å². The fraction of sp³-hybridized carbons (Fsp3) is 0.190. The maximum atomic E-state index is 12.7. The molecule has 0 atom stereocenters. The number of primary amides is 1. The molecule has 0 bridgehead atoms. The predicted molar refractivity (Wildman–Crippen MR) is 116 cm³/mol. The van der Waals surface area contributed by atoms with Crippen molar-refractivity contribution in [2.24, 2.45) is 5.73 Å². The zero-order chi connectivity index (χ0) is 21.1. The first-order valence-corrected chi connectivity index (χ1v) is 10.3. The zero-order valence-electron chi connectivity index (χ0n) is 16.3. The van der Waals surface area contributed by atoms with Gasteiger partial charge in [0.15, 0.2) is 5.13 Å². The monoisotopic (exact) mass is 420 g/mol. The van der Waals surface area contributed by atoms with Gasteiger partial charge in [0.1, 0.15) is 11.5 Å². The lowest BCUT2D eigenvalue weighted by molar-refractivity contribution is -0.118. The first kappa shape index (κ1) is 19.7. The molecule has 0 aliphatic heterocycles. The van der Waals surface area contributed by atoms with E-state index < -0.39 is 0 Å². The summed E-state index contributed by atoms with van der Waals surface area (Å²) < 4.78 is 2.03. The van der Waals surface area contributed by atoms with Gasteiger partial charge in [0.05, 0.1) is 16.7 Å². The fourth-order valence-corrected chi connectivity index (χ4v) is 3.92. The molecule has 152 valence electrons. The van der Waals surface area contributed by atoms with Crippen LogP contribution in [0.1, 0.15) is 29.0 Å². The number of thiazole rings is 1. The van der Waals surface area contributed by atoms with Crippen LogP contribution >= 0.6 is 11.3 Å². The third-order valence-corrected chi connectivity index (χ3v) is 5.42. The van der Waals surface area contributed by atoms with Crippen LogP contribution in [0.4, 0.5) is 5.13 Å². The lowest BCUT2D eigenvalue weighted by Gasteiger charge is -2.06. The molecular formula is C21H20N6O2S. The Kier molecular flexibility index (Phi) is 5.53. The number of amides is 2. The molecule has 4 rings (SSSR count). The molecule has 0 unspecified atom stereocenters. The second-order valence-corrected chi connectivity index (χ2v) is 7.65. The van der Waals surface area contributed by atoms with Crippen LogP contribution in [0.25, 0.3) is 22.4 Å². The van der Waals surface area contributed by atoms with Gasteiger partial charge in [-0.1, -0.05) is 6.07 Å². The van der Waals surface area contributed by atoms with Gasteiger partial charge in [0.25, 0.3) is 5.91 Å². The highest BCUT2D eigenvalue weighted by molar-refractivity contribution is 7.14. The molecule has 0 saturated heterocycles. The van der Waals surface area contributed by atoms with Crippen molar-refractivity contribution in [2.45, 2.75) is 26.3 Å². The number of anilines is 1. The maximum Gasteiger partial charge on any atom is 0.257 e. The minimum absolute atomic E-state index is 0.250. The predicted octanol–water partition coefficient (Wildman–Crippen LogP) is 3.38. The van der Waals surface area contributed by atoms with Crippen LogP contribution in [-0.4, -0.2) is 31.3 Å². The highest BCUT2D eigenvalue weighted by atomic mass is 32.1. The molecule has 2 amide bonds. The number of fused-ring (bicyclic) bond motifs is 1. The number of carbonyl (C=O) groups is 2. The summed E-state index contributed by atoms with van der Waals surface area (Å²) in [5.41, 5.74) is 8.84. The number of nitrogens with one attached hydrogen (secondary N) is 1. The standard InChI is InChI=1S/C21H20N6O2S/c1-13-24-16-11-14(7-8-18(16)27(13)10-4-6-19(22)28)20(29)26-21-25-17(12-30-21)15-5-2-3-9-23-15/h2-3,5,7-9,11-12H,4,6,10H2,1H3,(H2,22,28)(H,25,26,29). The molecule has 1 aromatic carbocycles. The average Bonchev–Trinajstić information content (AvgIpc) is 3.32. The minimum Gasteiger partial charge on any atom is -0.370 e. The van der Waals surface area contributed by atoms with Crippen molar-refractivity contribution in [1.82, 2.24) is 19.5 Å². The smallest absolute Gasteiger partial charge is 0.257 e. The number of benzene rings is 1. The van der Waals surface area contributed by atoms with E-state index in [2.05, 4.69) is 20.3 Å². The van der Waals surface area contributed by atoms with E-state index in [1.165, 1.54) is 11.3 Å². The number of nitrogens with zero attached hydrogens (tertiary/aromatic N) is 4. The van der Waals surface area contributed by atoms with Gasteiger partial charge < -0.3 is 10.3 Å². The Hall–Kier alpha value is -3.59. The van der Waals surface area contributed by atoms with Crippen molar-refractivity contribution in [3.05, 3.63) is 59.4 Å². The van der Waals surface area contributed by atoms with Crippen molar-refractivity contribution in [3.8, 4) is 11.4 Å². The summed E-state index contributed by atoms with van der Waals surface area (Å²) in [5.74, 6) is 0.260. The molecule has 3 aromatic heterocycles. The summed E-state index contributed by atoms with van der Waals surface area (Å²) in [6.45, 7) is 2.55. The van der Waals surface area contributed by atoms with Gasteiger partial charge in [-0.3, -0.25) is 19.9 Å². The van der Waals surface area contributed by atoms with Crippen molar-refractivity contribution < 1.29 is 9.59 Å². The minimum atomic E-state index is -0.315. The van der Waals surface area contributed by atoms with Crippen molar-refractivity contribution in [1.29, 1.82) is 0 Å².